The normalized spacial score (nSPS) is 10.9. The van der Waals surface area contributed by atoms with Gasteiger partial charge in [-0.05, 0) is 47.9 Å². The fourth-order valence-electron chi connectivity index (χ4n) is 4.00. The summed E-state index contributed by atoms with van der Waals surface area (Å²) in [6, 6.07) is 19.5. The Balaban J connectivity index is 1.44. The van der Waals surface area contributed by atoms with Gasteiger partial charge in [-0.25, -0.2) is 15.0 Å². The van der Waals surface area contributed by atoms with Crippen molar-refractivity contribution < 1.29 is 9.53 Å². The van der Waals surface area contributed by atoms with E-state index in [0.717, 1.165) is 44.5 Å². The summed E-state index contributed by atoms with van der Waals surface area (Å²) in [6.45, 7) is 0.0600. The van der Waals surface area contributed by atoms with Crippen LogP contribution in [0.5, 0.6) is 5.75 Å². The van der Waals surface area contributed by atoms with Crippen LogP contribution in [0.1, 0.15) is 0 Å². The van der Waals surface area contributed by atoms with Crippen LogP contribution >= 0.6 is 0 Å². The van der Waals surface area contributed by atoms with Crippen molar-refractivity contribution in [3.63, 3.8) is 0 Å². The van der Waals surface area contributed by atoms with Crippen molar-refractivity contribution in [3.05, 3.63) is 66.9 Å². The van der Waals surface area contributed by atoms with E-state index in [0.29, 0.717) is 11.9 Å². The lowest BCUT2D eigenvalue weighted by Crippen LogP contribution is -2.23. The maximum Gasteiger partial charge on any atom is 0.245 e. The fraction of sp³-hybridized carbons (Fsp3) is 0.154. The zero-order chi connectivity index (χ0) is 24.4. The van der Waals surface area contributed by atoms with Gasteiger partial charge in [-0.15, -0.1) is 0 Å². The van der Waals surface area contributed by atoms with E-state index in [1.807, 2.05) is 66.2 Å². The molecule has 176 valence electrons. The molecular weight excluding hydrogens is 442 g/mol. The van der Waals surface area contributed by atoms with Crippen LogP contribution in [0.25, 0.3) is 33.1 Å². The number of anilines is 3. The molecule has 0 aliphatic carbocycles. The van der Waals surface area contributed by atoms with Gasteiger partial charge in [-0.2, -0.15) is 0 Å². The molecule has 1 amide bonds. The number of benzene rings is 3. The Morgan fingerprint density at radius 2 is 1.91 bits per heavy atom. The predicted octanol–water partition coefficient (Wildman–Crippen LogP) is 4.28. The van der Waals surface area contributed by atoms with Crippen LogP contribution in [0.2, 0.25) is 0 Å². The van der Waals surface area contributed by atoms with Crippen LogP contribution in [-0.4, -0.2) is 46.1 Å². The van der Waals surface area contributed by atoms with Crippen molar-refractivity contribution in [2.24, 2.45) is 7.05 Å². The number of ether oxygens (including phenoxy) is 1. The van der Waals surface area contributed by atoms with Crippen LogP contribution in [0.15, 0.2) is 66.9 Å². The number of hydrogen-bond acceptors (Lipinski definition) is 7. The monoisotopic (exact) mass is 467 g/mol. The van der Waals surface area contributed by atoms with E-state index in [1.54, 1.807) is 20.4 Å². The van der Waals surface area contributed by atoms with Crippen LogP contribution < -0.4 is 20.7 Å². The molecule has 0 bridgehead atoms. The van der Waals surface area contributed by atoms with Gasteiger partial charge in [-0.1, -0.05) is 18.2 Å². The molecule has 2 aromatic heterocycles. The van der Waals surface area contributed by atoms with Crippen LogP contribution in [0.3, 0.4) is 0 Å². The van der Waals surface area contributed by atoms with E-state index in [-0.39, 0.29) is 12.5 Å². The number of imidazole rings is 1. The summed E-state index contributed by atoms with van der Waals surface area (Å²) in [5.41, 5.74) is 4.25. The van der Waals surface area contributed by atoms with E-state index >= 15 is 0 Å². The third kappa shape index (κ3) is 4.43. The molecule has 0 unspecified atom stereocenters. The molecule has 3 aromatic carbocycles. The third-order valence-corrected chi connectivity index (χ3v) is 5.81. The Morgan fingerprint density at radius 1 is 1.06 bits per heavy atom. The number of methoxy groups -OCH3 is 1. The van der Waals surface area contributed by atoms with Crippen LogP contribution in [0, 0.1) is 0 Å². The lowest BCUT2D eigenvalue weighted by atomic mass is 10.0. The molecule has 5 rings (SSSR count). The molecule has 0 spiro atoms. The second-order valence-electron chi connectivity index (χ2n) is 8.01. The largest absolute Gasteiger partial charge is 0.497 e. The molecular formula is C26H25N7O2. The van der Waals surface area contributed by atoms with Crippen molar-refractivity contribution >= 4 is 45.3 Å². The summed E-state index contributed by atoms with van der Waals surface area (Å²) in [5.74, 6) is 1.56. The molecule has 0 atom stereocenters. The number of nitrogens with one attached hydrogen (secondary N) is 3. The smallest absolute Gasteiger partial charge is 0.245 e. The van der Waals surface area contributed by atoms with Crippen molar-refractivity contribution in [3.8, 4) is 17.0 Å². The number of aromatic nitrogens is 4. The number of nitrogens with zero attached hydrogens (tertiary/aromatic N) is 4. The summed E-state index contributed by atoms with van der Waals surface area (Å²) >= 11 is 0. The standard InChI is InChI=1S/C26H25N7O2/c1-27-25-28-11-10-20(30-25)17-12-16-8-9-18(35-3)14-19(16)22(13-17)29-15-24(34)32-26-31-21-6-4-5-7-23(21)33(26)2/h4-14,29H,15H2,1-3H3,(H,27,28,30)(H,31,32,34). The molecule has 2 heterocycles. The minimum absolute atomic E-state index is 0.0600. The molecule has 0 saturated heterocycles. The zero-order valence-corrected chi connectivity index (χ0v) is 19.7. The SMILES string of the molecule is CNc1nccc(-c2cc(NCC(=O)Nc3nc4ccccc4n3C)c3cc(OC)ccc3c2)n1. The summed E-state index contributed by atoms with van der Waals surface area (Å²) < 4.78 is 7.29. The number of aryl methyl sites for hydroxylation is 1. The van der Waals surface area contributed by atoms with Crippen LogP contribution in [-0.2, 0) is 11.8 Å². The summed E-state index contributed by atoms with van der Waals surface area (Å²) in [5, 5.41) is 11.1. The second-order valence-corrected chi connectivity index (χ2v) is 8.01. The molecule has 3 N–H and O–H groups in total. The van der Waals surface area contributed by atoms with Gasteiger partial charge in [0.05, 0.1) is 30.4 Å². The van der Waals surface area contributed by atoms with Crippen molar-refractivity contribution in [1.82, 2.24) is 19.5 Å². The minimum atomic E-state index is -0.204. The Kier molecular flexibility index (Phi) is 5.88. The number of para-hydroxylation sites is 2. The average molecular weight is 468 g/mol. The van der Waals surface area contributed by atoms with Crippen molar-refractivity contribution in [2.75, 3.05) is 36.7 Å². The minimum Gasteiger partial charge on any atom is -0.497 e. The summed E-state index contributed by atoms with van der Waals surface area (Å²) in [6.07, 6.45) is 1.71. The highest BCUT2D eigenvalue weighted by Gasteiger charge is 2.13. The number of fused-ring (bicyclic) bond motifs is 2. The van der Waals surface area contributed by atoms with E-state index in [9.17, 15) is 4.79 Å². The average Bonchev–Trinajstić information content (AvgIpc) is 3.21. The van der Waals surface area contributed by atoms with Gasteiger partial charge in [0.1, 0.15) is 5.75 Å². The van der Waals surface area contributed by atoms with Gasteiger partial charge >= 0.3 is 0 Å². The van der Waals surface area contributed by atoms with Crippen LogP contribution in [0.4, 0.5) is 17.6 Å². The first kappa shape index (κ1) is 22.1. The zero-order valence-electron chi connectivity index (χ0n) is 19.7. The number of rotatable bonds is 7. The summed E-state index contributed by atoms with van der Waals surface area (Å²) in [7, 11) is 5.29. The Labute approximate surface area is 202 Å². The molecule has 9 heteroatoms. The quantitative estimate of drug-likeness (QED) is 0.328. The molecule has 0 radical (unpaired) electrons. The Morgan fingerprint density at radius 3 is 2.71 bits per heavy atom. The highest BCUT2D eigenvalue weighted by Crippen LogP contribution is 2.33. The van der Waals surface area contributed by atoms with Gasteiger partial charge < -0.3 is 19.9 Å². The second kappa shape index (κ2) is 9.30. The van der Waals surface area contributed by atoms with Gasteiger partial charge in [0, 0.05) is 36.9 Å². The van der Waals surface area contributed by atoms with E-state index in [1.165, 1.54) is 0 Å². The Bertz CT molecular complexity index is 1540. The number of carbonyl (C=O) groups excluding carboxylic acids is 1. The first-order valence-corrected chi connectivity index (χ1v) is 11.1. The number of carbonyl (C=O) groups is 1. The maximum atomic E-state index is 12.8. The van der Waals surface area contributed by atoms with Crippen molar-refractivity contribution in [2.45, 2.75) is 0 Å². The summed E-state index contributed by atoms with van der Waals surface area (Å²) in [4.78, 5) is 26.1. The van der Waals surface area contributed by atoms with Gasteiger partial charge in [-0.3, -0.25) is 10.1 Å². The van der Waals surface area contributed by atoms with E-state index in [2.05, 4.69) is 37.0 Å². The maximum absolute atomic E-state index is 12.8. The lowest BCUT2D eigenvalue weighted by molar-refractivity contribution is -0.114. The van der Waals surface area contributed by atoms with E-state index in [4.69, 9.17) is 4.74 Å². The molecule has 0 aliphatic rings. The van der Waals surface area contributed by atoms with Gasteiger partial charge in [0.15, 0.2) is 0 Å². The Hall–Kier alpha value is -4.66. The molecule has 9 nitrogen and oxygen atoms in total. The molecule has 0 fully saturated rings. The van der Waals surface area contributed by atoms with Crippen molar-refractivity contribution in [1.29, 1.82) is 0 Å². The van der Waals surface area contributed by atoms with Gasteiger partial charge in [0.25, 0.3) is 0 Å². The lowest BCUT2D eigenvalue weighted by Gasteiger charge is -2.14. The highest BCUT2D eigenvalue weighted by molar-refractivity contribution is 6.00. The molecule has 0 saturated carbocycles. The topological polar surface area (TPSA) is 106 Å². The molecule has 0 aliphatic heterocycles. The predicted molar refractivity (Wildman–Crippen MR) is 139 cm³/mol. The first-order chi connectivity index (χ1) is 17.1. The fourth-order valence-corrected chi connectivity index (χ4v) is 4.00. The number of hydrogen-bond donors (Lipinski definition) is 3. The van der Waals surface area contributed by atoms with E-state index < -0.39 is 0 Å². The molecule has 5 aromatic rings. The molecule has 35 heavy (non-hydrogen) atoms. The highest BCUT2D eigenvalue weighted by atomic mass is 16.5. The number of amides is 1. The first-order valence-electron chi connectivity index (χ1n) is 11.1. The third-order valence-electron chi connectivity index (χ3n) is 5.81. The van der Waals surface area contributed by atoms with Gasteiger partial charge in [0.2, 0.25) is 17.8 Å².